The molecular weight excluding hydrogens is 369 g/mol. The van der Waals surface area contributed by atoms with Gasteiger partial charge in [-0.15, -0.1) is 11.3 Å². The Morgan fingerprint density at radius 3 is 3.11 bits per heavy atom. The maximum absolute atomic E-state index is 14.5. The maximum Gasteiger partial charge on any atom is 0.306 e. The van der Waals surface area contributed by atoms with Gasteiger partial charge < -0.3 is 10.4 Å². The molecule has 1 atom stereocenters. The first-order valence-electron chi connectivity index (χ1n) is 8.48. The van der Waals surface area contributed by atoms with Gasteiger partial charge in [0.25, 0.3) is 0 Å². The van der Waals surface area contributed by atoms with Crippen LogP contribution < -0.4 is 5.32 Å². The van der Waals surface area contributed by atoms with Crippen molar-refractivity contribution in [2.45, 2.75) is 19.3 Å². The minimum atomic E-state index is -0.766. The quantitative estimate of drug-likeness (QED) is 0.499. The highest BCUT2D eigenvalue weighted by atomic mass is 32.1. The summed E-state index contributed by atoms with van der Waals surface area (Å²) in [5, 5.41) is 20.7. The normalized spacial score (nSPS) is 16.6. The lowest BCUT2D eigenvalue weighted by atomic mass is 9.88. The fraction of sp³-hybridized carbons (Fsp3) is 0.222. The lowest BCUT2D eigenvalue weighted by molar-refractivity contribution is -0.142. The number of rotatable bonds is 3. The fourth-order valence-electron chi connectivity index (χ4n) is 3.60. The molecule has 27 heavy (non-hydrogen) atoms. The topological polar surface area (TPSA) is 104 Å². The van der Waals surface area contributed by atoms with Gasteiger partial charge in [0, 0.05) is 16.3 Å². The van der Waals surface area contributed by atoms with Gasteiger partial charge in [0.2, 0.25) is 0 Å². The van der Waals surface area contributed by atoms with Crippen molar-refractivity contribution in [2.24, 2.45) is 5.92 Å². The van der Waals surface area contributed by atoms with Crippen molar-refractivity contribution in [3.05, 3.63) is 40.9 Å². The number of carbonyl (C=O) groups is 1. The Morgan fingerprint density at radius 1 is 1.37 bits per heavy atom. The number of benzene rings is 1. The SMILES string of the molecule is O=C(O)[C@H]1CCc2c(sc3ncnc(Nc4cc5cn[nH]c5cc4F)c23)C1. The molecule has 0 spiro atoms. The Labute approximate surface area is 156 Å². The van der Waals surface area contributed by atoms with E-state index in [4.69, 9.17) is 0 Å². The summed E-state index contributed by atoms with van der Waals surface area (Å²) in [5.41, 5.74) is 2.00. The van der Waals surface area contributed by atoms with Crippen molar-refractivity contribution in [2.75, 3.05) is 5.32 Å². The summed E-state index contributed by atoms with van der Waals surface area (Å²) in [5.74, 6) is -1.00. The molecule has 5 rings (SSSR count). The highest BCUT2D eigenvalue weighted by Crippen LogP contribution is 2.40. The van der Waals surface area contributed by atoms with Crippen LogP contribution in [-0.2, 0) is 17.6 Å². The van der Waals surface area contributed by atoms with Crippen molar-refractivity contribution in [1.82, 2.24) is 20.2 Å². The van der Waals surface area contributed by atoms with E-state index in [2.05, 4.69) is 25.5 Å². The van der Waals surface area contributed by atoms with Gasteiger partial charge in [0.1, 0.15) is 22.8 Å². The Hall–Kier alpha value is -3.07. The number of thiophene rings is 1. The zero-order valence-electron chi connectivity index (χ0n) is 14.0. The van der Waals surface area contributed by atoms with Crippen molar-refractivity contribution in [1.29, 1.82) is 0 Å². The van der Waals surface area contributed by atoms with Crippen LogP contribution in [0.25, 0.3) is 21.1 Å². The number of nitrogens with one attached hydrogen (secondary N) is 2. The molecule has 1 aliphatic carbocycles. The largest absolute Gasteiger partial charge is 0.481 e. The molecule has 0 saturated carbocycles. The molecule has 0 aliphatic heterocycles. The zero-order valence-corrected chi connectivity index (χ0v) is 14.8. The van der Waals surface area contributed by atoms with Crippen LogP contribution in [0.3, 0.4) is 0 Å². The predicted octanol–water partition coefficient (Wildman–Crippen LogP) is 3.64. The molecule has 3 heterocycles. The summed E-state index contributed by atoms with van der Waals surface area (Å²) in [6, 6.07) is 3.07. The number of aliphatic carboxylic acids is 1. The molecule has 4 aromatic rings. The molecule has 1 aromatic carbocycles. The van der Waals surface area contributed by atoms with Gasteiger partial charge in [0.15, 0.2) is 0 Å². The monoisotopic (exact) mass is 383 g/mol. The fourth-order valence-corrected chi connectivity index (χ4v) is 4.87. The van der Waals surface area contributed by atoms with E-state index in [1.165, 1.54) is 23.7 Å². The smallest absolute Gasteiger partial charge is 0.306 e. The van der Waals surface area contributed by atoms with E-state index in [0.29, 0.717) is 36.3 Å². The zero-order chi connectivity index (χ0) is 18.5. The summed E-state index contributed by atoms with van der Waals surface area (Å²) in [6.45, 7) is 0. The predicted molar refractivity (Wildman–Crippen MR) is 99.9 cm³/mol. The number of anilines is 2. The number of halogens is 1. The van der Waals surface area contributed by atoms with Crippen LogP contribution in [0.5, 0.6) is 0 Å². The Balaban J connectivity index is 1.59. The van der Waals surface area contributed by atoms with Crippen LogP contribution in [0.4, 0.5) is 15.9 Å². The molecule has 0 fully saturated rings. The summed E-state index contributed by atoms with van der Waals surface area (Å²) in [7, 11) is 0. The number of fused-ring (bicyclic) bond motifs is 4. The lowest BCUT2D eigenvalue weighted by Crippen LogP contribution is -2.21. The summed E-state index contributed by atoms with van der Waals surface area (Å²) < 4.78 is 14.5. The number of nitrogens with zero attached hydrogens (tertiary/aromatic N) is 3. The van der Waals surface area contributed by atoms with Crippen LogP contribution in [0.1, 0.15) is 16.9 Å². The first-order valence-corrected chi connectivity index (χ1v) is 9.29. The molecule has 9 heteroatoms. The second-order valence-electron chi connectivity index (χ2n) is 6.60. The van der Waals surface area contributed by atoms with Crippen molar-refractivity contribution in [3.63, 3.8) is 0 Å². The van der Waals surface area contributed by atoms with Gasteiger partial charge in [-0.2, -0.15) is 5.10 Å². The van der Waals surface area contributed by atoms with E-state index in [9.17, 15) is 14.3 Å². The van der Waals surface area contributed by atoms with E-state index >= 15 is 0 Å². The molecule has 0 radical (unpaired) electrons. The first kappa shape index (κ1) is 16.1. The molecule has 0 saturated heterocycles. The van der Waals surface area contributed by atoms with Gasteiger partial charge in [-0.25, -0.2) is 14.4 Å². The van der Waals surface area contributed by atoms with Gasteiger partial charge in [-0.1, -0.05) is 0 Å². The number of hydrogen-bond donors (Lipinski definition) is 3. The number of aryl methyl sites for hydroxylation is 1. The molecule has 0 unspecified atom stereocenters. The van der Waals surface area contributed by atoms with Crippen molar-refractivity contribution in [3.8, 4) is 0 Å². The number of hydrogen-bond acceptors (Lipinski definition) is 6. The molecule has 7 nitrogen and oxygen atoms in total. The average molecular weight is 383 g/mol. The molecule has 3 N–H and O–H groups in total. The molecule has 136 valence electrons. The van der Waals surface area contributed by atoms with Gasteiger partial charge in [-0.05, 0) is 30.9 Å². The summed E-state index contributed by atoms with van der Waals surface area (Å²) >= 11 is 1.49. The van der Waals surface area contributed by atoms with E-state index in [1.54, 1.807) is 12.3 Å². The van der Waals surface area contributed by atoms with E-state index < -0.39 is 11.8 Å². The highest BCUT2D eigenvalue weighted by Gasteiger charge is 2.29. The second kappa shape index (κ2) is 5.98. The van der Waals surface area contributed by atoms with Crippen LogP contribution in [-0.4, -0.2) is 31.2 Å². The minimum absolute atomic E-state index is 0.308. The van der Waals surface area contributed by atoms with E-state index in [-0.39, 0.29) is 5.92 Å². The van der Waals surface area contributed by atoms with Crippen LogP contribution in [0.2, 0.25) is 0 Å². The molecule has 0 bridgehead atoms. The number of H-pyrrole nitrogens is 1. The van der Waals surface area contributed by atoms with Crippen LogP contribution in [0, 0.1) is 11.7 Å². The third-order valence-corrected chi connectivity index (χ3v) is 6.14. The van der Waals surface area contributed by atoms with Gasteiger partial charge in [-0.3, -0.25) is 9.89 Å². The molecule has 1 aliphatic rings. The van der Waals surface area contributed by atoms with E-state index in [0.717, 1.165) is 26.0 Å². The highest BCUT2D eigenvalue weighted by molar-refractivity contribution is 7.19. The van der Waals surface area contributed by atoms with Crippen molar-refractivity contribution < 1.29 is 14.3 Å². The molecular formula is C18H14FN5O2S. The third kappa shape index (κ3) is 2.62. The lowest BCUT2D eigenvalue weighted by Gasteiger charge is -2.18. The summed E-state index contributed by atoms with van der Waals surface area (Å²) in [4.78, 5) is 21.8. The van der Waals surface area contributed by atoms with Gasteiger partial charge >= 0.3 is 5.97 Å². The minimum Gasteiger partial charge on any atom is -0.481 e. The molecule has 0 amide bonds. The van der Waals surface area contributed by atoms with E-state index in [1.807, 2.05) is 0 Å². The number of carboxylic acid groups (broad SMARTS) is 1. The average Bonchev–Trinajstić information content (AvgIpc) is 3.25. The summed E-state index contributed by atoms with van der Waals surface area (Å²) in [6.07, 6.45) is 4.81. The molecule has 3 aromatic heterocycles. The standard InChI is InChI=1S/C18H14FN5O2S/c19-11-5-12-9(6-22-24-12)3-13(11)23-16-15-10-2-1-8(18(25)26)4-14(10)27-17(15)21-7-20-16/h3,5-8H,1-2,4H2,(H,22,24)(H,25,26)(H,20,21,23)/t8-/m0/s1. The number of aromatic nitrogens is 4. The first-order chi connectivity index (χ1) is 13.1. The van der Waals surface area contributed by atoms with Crippen LogP contribution in [0.15, 0.2) is 24.7 Å². The number of carboxylic acids is 1. The Kier molecular flexibility index (Phi) is 3.57. The maximum atomic E-state index is 14.5. The van der Waals surface area contributed by atoms with Crippen molar-refractivity contribution >= 4 is 49.9 Å². The van der Waals surface area contributed by atoms with Gasteiger partial charge in [0.05, 0.1) is 28.7 Å². The Morgan fingerprint density at radius 2 is 2.26 bits per heavy atom. The number of aromatic amines is 1. The Bertz CT molecular complexity index is 1200. The van der Waals surface area contributed by atoms with Crippen LogP contribution >= 0.6 is 11.3 Å². The second-order valence-corrected chi connectivity index (χ2v) is 7.68. The third-order valence-electron chi connectivity index (χ3n) is 4.98.